The van der Waals surface area contributed by atoms with Crippen molar-refractivity contribution >= 4 is 33.2 Å². The summed E-state index contributed by atoms with van der Waals surface area (Å²) in [6.07, 6.45) is 9.34. The van der Waals surface area contributed by atoms with E-state index in [-0.39, 0.29) is 24.4 Å². The third-order valence-corrected chi connectivity index (χ3v) is 8.43. The fourth-order valence-corrected chi connectivity index (χ4v) is 5.87. The van der Waals surface area contributed by atoms with Crippen LogP contribution in [0.3, 0.4) is 0 Å². The molecule has 2 aliphatic rings. The predicted molar refractivity (Wildman–Crippen MR) is 128 cm³/mol. The quantitative estimate of drug-likeness (QED) is 0.641. The molecule has 2 aliphatic heterocycles. The maximum atomic E-state index is 13.1. The molecule has 0 aliphatic carbocycles. The summed E-state index contributed by atoms with van der Waals surface area (Å²) in [6, 6.07) is 1.71. The first-order valence-electron chi connectivity index (χ1n) is 11.6. The van der Waals surface area contributed by atoms with E-state index >= 15 is 0 Å². The summed E-state index contributed by atoms with van der Waals surface area (Å²) in [5.41, 5.74) is -0.597. The molecule has 2 aromatic rings. The van der Waals surface area contributed by atoms with Gasteiger partial charge in [0, 0.05) is 39.4 Å². The van der Waals surface area contributed by atoms with Crippen LogP contribution in [0, 0.1) is 0 Å². The number of carbonyl (C=O) groups excluding carboxylic acids is 1. The largest absolute Gasteiger partial charge is 0.501 e. The molecule has 0 bridgehead atoms. The fourth-order valence-electron chi connectivity index (χ4n) is 4.53. The van der Waals surface area contributed by atoms with Crippen LogP contribution in [0.4, 0.5) is 11.4 Å². The predicted octanol–water partition coefficient (Wildman–Crippen LogP) is 1.73. The molecule has 0 atom stereocenters. The van der Waals surface area contributed by atoms with Crippen molar-refractivity contribution in [2.75, 3.05) is 49.5 Å². The monoisotopic (exact) mass is 493 g/mol. The van der Waals surface area contributed by atoms with Gasteiger partial charge in [-0.05, 0) is 18.9 Å². The number of carbonyl (C=O) groups is 1. The molecular formula is C22H31N5O6S. The van der Waals surface area contributed by atoms with E-state index < -0.39 is 33.2 Å². The number of nitrogens with zero attached hydrogens (tertiary/aromatic N) is 5. The first kappa shape index (κ1) is 24.3. The number of pyridine rings is 1. The van der Waals surface area contributed by atoms with Crippen LogP contribution in [-0.4, -0.2) is 73.5 Å². The third-order valence-electron chi connectivity index (χ3n) is 6.53. The highest BCUT2D eigenvalue weighted by Crippen LogP contribution is 2.32. The molecule has 0 amide bonds. The molecule has 186 valence electrons. The van der Waals surface area contributed by atoms with Crippen LogP contribution in [0.25, 0.3) is 5.65 Å². The Hall–Kier alpha value is -2.86. The summed E-state index contributed by atoms with van der Waals surface area (Å²) in [5.74, 6) is -1.82. The Morgan fingerprint density at radius 3 is 2.21 bits per heavy atom. The van der Waals surface area contributed by atoms with Crippen LogP contribution in [0.1, 0.15) is 55.4 Å². The van der Waals surface area contributed by atoms with Crippen LogP contribution in [-0.2, 0) is 14.9 Å². The Bertz CT molecular complexity index is 1230. The number of rotatable bonds is 3. The number of anilines is 2. The molecule has 0 aromatic carbocycles. The lowest BCUT2D eigenvalue weighted by Gasteiger charge is -2.28. The maximum absolute atomic E-state index is 13.1. The van der Waals surface area contributed by atoms with Gasteiger partial charge in [-0.25, -0.2) is 9.78 Å². The summed E-state index contributed by atoms with van der Waals surface area (Å²) < 4.78 is 34.2. The minimum atomic E-state index is -3.83. The number of hydrogen-bond acceptors (Lipinski definition) is 8. The zero-order valence-corrected chi connectivity index (χ0v) is 20.4. The number of likely N-dealkylation sites (N-methyl/N-ethyl adjacent to an activating group) is 1. The van der Waals surface area contributed by atoms with E-state index in [1.807, 2.05) is 0 Å². The molecule has 2 aromatic heterocycles. The Labute approximate surface area is 198 Å². The third kappa shape index (κ3) is 4.43. The smallest absolute Gasteiger partial charge is 0.360 e. The standard InChI is InChI=1S/C22H31N5O6S/c1-24-12-13-27(34(24,31)32)17-14-16(25-10-8-6-4-3-5-7-9-11-25)15-26-20(17)23-18(22(30)33-2)19(28)21(26)29/h14-15,28H,3-13H2,1-2H3. The average Bonchev–Trinajstić information content (AvgIpc) is 3.10. The van der Waals surface area contributed by atoms with Crippen molar-refractivity contribution in [2.24, 2.45) is 0 Å². The van der Waals surface area contributed by atoms with Crippen LogP contribution in [0.5, 0.6) is 5.75 Å². The highest BCUT2D eigenvalue weighted by Gasteiger charge is 2.36. The summed E-state index contributed by atoms with van der Waals surface area (Å²) in [5, 5.41) is 10.4. The molecule has 0 radical (unpaired) electrons. The SMILES string of the molecule is COC(=O)c1nc2c(N3CCN(C)S3(=O)=O)cc(N3CCCCCCCCC3)cn2c(=O)c1O. The number of aromatic hydroxyl groups is 1. The fraction of sp³-hybridized carbons (Fsp3) is 0.591. The van der Waals surface area contributed by atoms with Crippen LogP contribution in [0.2, 0.25) is 0 Å². The second-order valence-corrected chi connectivity index (χ2v) is 10.7. The molecule has 34 heavy (non-hydrogen) atoms. The van der Waals surface area contributed by atoms with Gasteiger partial charge in [0.05, 0.1) is 18.5 Å². The first-order chi connectivity index (χ1) is 16.3. The molecule has 4 rings (SSSR count). The molecule has 0 saturated carbocycles. The second kappa shape index (κ2) is 9.79. The summed E-state index contributed by atoms with van der Waals surface area (Å²) >= 11 is 0. The number of ether oxygens (including phenoxy) is 1. The molecule has 0 spiro atoms. The molecule has 2 fully saturated rings. The lowest BCUT2D eigenvalue weighted by molar-refractivity contribution is 0.0590. The molecule has 1 N–H and O–H groups in total. The topological polar surface area (TPSA) is 125 Å². The van der Waals surface area contributed by atoms with Gasteiger partial charge in [-0.1, -0.05) is 32.1 Å². The van der Waals surface area contributed by atoms with Crippen LogP contribution in [0.15, 0.2) is 17.1 Å². The zero-order valence-electron chi connectivity index (χ0n) is 19.6. The van der Waals surface area contributed by atoms with Crippen molar-refractivity contribution in [3.8, 4) is 5.75 Å². The second-order valence-electron chi connectivity index (χ2n) is 8.75. The van der Waals surface area contributed by atoms with Crippen molar-refractivity contribution in [3.63, 3.8) is 0 Å². The Balaban J connectivity index is 1.92. The summed E-state index contributed by atoms with van der Waals surface area (Å²) in [7, 11) is -1.23. The van der Waals surface area contributed by atoms with E-state index in [0.717, 1.165) is 50.3 Å². The Kier molecular flexibility index (Phi) is 6.99. The van der Waals surface area contributed by atoms with Crippen LogP contribution < -0.4 is 14.8 Å². The van der Waals surface area contributed by atoms with Gasteiger partial charge < -0.3 is 14.7 Å². The molecule has 11 nitrogen and oxygen atoms in total. The lowest BCUT2D eigenvalue weighted by atomic mass is 10.1. The van der Waals surface area contributed by atoms with Gasteiger partial charge in [0.15, 0.2) is 11.3 Å². The minimum absolute atomic E-state index is 0.0353. The van der Waals surface area contributed by atoms with Gasteiger partial charge in [0.25, 0.3) is 0 Å². The Morgan fingerprint density at radius 2 is 1.65 bits per heavy atom. The number of methoxy groups -OCH3 is 1. The van der Waals surface area contributed by atoms with Crippen molar-refractivity contribution in [2.45, 2.75) is 44.9 Å². The number of aromatic nitrogens is 2. The van der Waals surface area contributed by atoms with Gasteiger partial charge in [0.2, 0.25) is 5.75 Å². The van der Waals surface area contributed by atoms with Crippen molar-refractivity contribution in [1.29, 1.82) is 0 Å². The van der Waals surface area contributed by atoms with Gasteiger partial charge in [-0.2, -0.15) is 12.7 Å². The van der Waals surface area contributed by atoms with Crippen molar-refractivity contribution in [3.05, 3.63) is 28.3 Å². The molecule has 12 heteroatoms. The molecule has 4 heterocycles. The van der Waals surface area contributed by atoms with E-state index in [4.69, 9.17) is 0 Å². The van der Waals surface area contributed by atoms with E-state index in [2.05, 4.69) is 14.6 Å². The zero-order chi connectivity index (χ0) is 24.5. The summed E-state index contributed by atoms with van der Waals surface area (Å²) in [4.78, 5) is 31.6. The van der Waals surface area contributed by atoms with Crippen molar-refractivity contribution < 1.29 is 23.1 Å². The molecule has 2 saturated heterocycles. The van der Waals surface area contributed by atoms with Gasteiger partial charge in [-0.15, -0.1) is 0 Å². The number of fused-ring (bicyclic) bond motifs is 1. The molecule has 0 unspecified atom stereocenters. The highest BCUT2D eigenvalue weighted by molar-refractivity contribution is 7.90. The lowest BCUT2D eigenvalue weighted by Crippen LogP contribution is -2.33. The number of esters is 1. The van der Waals surface area contributed by atoms with Gasteiger partial charge >= 0.3 is 21.7 Å². The first-order valence-corrected chi connectivity index (χ1v) is 13.0. The van der Waals surface area contributed by atoms with E-state index in [1.165, 1.54) is 34.9 Å². The van der Waals surface area contributed by atoms with E-state index in [9.17, 15) is 23.1 Å². The highest BCUT2D eigenvalue weighted by atomic mass is 32.2. The van der Waals surface area contributed by atoms with Gasteiger partial charge in [0.1, 0.15) is 0 Å². The van der Waals surface area contributed by atoms with Crippen molar-refractivity contribution in [1.82, 2.24) is 13.7 Å². The normalized spacial score (nSPS) is 19.9. The summed E-state index contributed by atoms with van der Waals surface area (Å²) in [6.45, 7) is 1.98. The average molecular weight is 494 g/mol. The Morgan fingerprint density at radius 1 is 1.03 bits per heavy atom. The molecular weight excluding hydrogens is 462 g/mol. The van der Waals surface area contributed by atoms with E-state index in [0.29, 0.717) is 5.69 Å². The maximum Gasteiger partial charge on any atom is 0.360 e. The number of hydrogen-bond donors (Lipinski definition) is 1. The minimum Gasteiger partial charge on any atom is -0.501 e. The van der Waals surface area contributed by atoms with E-state index in [1.54, 1.807) is 12.3 Å². The van der Waals surface area contributed by atoms with Crippen LogP contribution >= 0.6 is 0 Å². The van der Waals surface area contributed by atoms with Gasteiger partial charge in [-0.3, -0.25) is 13.5 Å².